The van der Waals surface area contributed by atoms with Crippen LogP contribution in [0.1, 0.15) is 19.3 Å². The number of amidine groups is 1. The first-order chi connectivity index (χ1) is 9.20. The first-order valence-electron chi connectivity index (χ1n) is 6.20. The highest BCUT2D eigenvalue weighted by Crippen LogP contribution is 2.30. The number of rotatable bonds is 5. The molecule has 1 aliphatic rings. The van der Waals surface area contributed by atoms with Crippen LogP contribution in [0.25, 0.3) is 0 Å². The van der Waals surface area contributed by atoms with Crippen molar-refractivity contribution in [1.82, 2.24) is 0 Å². The molecule has 6 heteroatoms. The zero-order valence-electron chi connectivity index (χ0n) is 10.5. The van der Waals surface area contributed by atoms with E-state index in [1.165, 1.54) is 0 Å². The molecule has 0 radical (unpaired) electrons. The van der Waals surface area contributed by atoms with Crippen LogP contribution in [-0.4, -0.2) is 23.6 Å². The average Bonchev–Trinajstić information content (AvgIpc) is 2.35. The molecule has 1 aromatic rings. The van der Waals surface area contributed by atoms with Crippen LogP contribution in [0, 0.1) is 5.92 Å². The number of carbonyl (C=O) groups is 1. The van der Waals surface area contributed by atoms with Gasteiger partial charge in [0, 0.05) is 5.92 Å². The predicted octanol–water partition coefficient (Wildman–Crippen LogP) is 1.55. The molecule has 0 spiro atoms. The zero-order chi connectivity index (χ0) is 13.7. The Morgan fingerprint density at radius 1 is 1.47 bits per heavy atom. The summed E-state index contributed by atoms with van der Waals surface area (Å²) in [5.74, 6) is 0.602. The molecule has 0 saturated heterocycles. The fourth-order valence-electron chi connectivity index (χ4n) is 1.78. The molecule has 1 aliphatic carbocycles. The van der Waals surface area contributed by atoms with E-state index in [0.717, 1.165) is 19.3 Å². The van der Waals surface area contributed by atoms with E-state index in [-0.39, 0.29) is 24.3 Å². The summed E-state index contributed by atoms with van der Waals surface area (Å²) in [6, 6.07) is 7.09. The fourth-order valence-corrected chi connectivity index (χ4v) is 1.78. The third-order valence-electron chi connectivity index (χ3n) is 3.12. The quantitative estimate of drug-likeness (QED) is 0.325. The van der Waals surface area contributed by atoms with Crippen LogP contribution >= 0.6 is 0 Å². The van der Waals surface area contributed by atoms with E-state index in [4.69, 9.17) is 15.7 Å². The van der Waals surface area contributed by atoms with E-state index in [1.807, 2.05) is 6.07 Å². The summed E-state index contributed by atoms with van der Waals surface area (Å²) in [6.07, 6.45) is 3.00. The monoisotopic (exact) mass is 263 g/mol. The highest BCUT2D eigenvalue weighted by Gasteiger charge is 2.25. The van der Waals surface area contributed by atoms with Crippen LogP contribution in [0.15, 0.2) is 29.4 Å². The third kappa shape index (κ3) is 3.37. The number of hydrogen-bond acceptors (Lipinski definition) is 4. The molecule has 0 atom stereocenters. The van der Waals surface area contributed by atoms with Gasteiger partial charge in [-0.05, 0) is 25.0 Å². The van der Waals surface area contributed by atoms with Crippen LogP contribution in [0.4, 0.5) is 5.69 Å². The van der Waals surface area contributed by atoms with Gasteiger partial charge >= 0.3 is 0 Å². The smallest absolute Gasteiger partial charge is 0.227 e. The van der Waals surface area contributed by atoms with Crippen molar-refractivity contribution in [3.8, 4) is 5.75 Å². The number of nitrogens with two attached hydrogens (primary N) is 1. The van der Waals surface area contributed by atoms with Gasteiger partial charge in [0.1, 0.15) is 12.4 Å². The Morgan fingerprint density at radius 2 is 2.21 bits per heavy atom. The maximum Gasteiger partial charge on any atom is 0.227 e. The maximum absolute atomic E-state index is 11.9. The fraction of sp³-hybridized carbons (Fsp3) is 0.385. The van der Waals surface area contributed by atoms with Gasteiger partial charge in [-0.15, -0.1) is 0 Å². The van der Waals surface area contributed by atoms with Crippen LogP contribution in [0.5, 0.6) is 5.75 Å². The van der Waals surface area contributed by atoms with Crippen LogP contribution < -0.4 is 15.8 Å². The Morgan fingerprint density at radius 3 is 2.84 bits per heavy atom. The lowest BCUT2D eigenvalue weighted by molar-refractivity contribution is -0.122. The molecule has 4 N–H and O–H groups in total. The Labute approximate surface area is 111 Å². The molecule has 102 valence electrons. The van der Waals surface area contributed by atoms with Crippen molar-refractivity contribution in [2.45, 2.75) is 19.3 Å². The molecule has 1 aromatic carbocycles. The van der Waals surface area contributed by atoms with Gasteiger partial charge in [0.05, 0.1) is 5.69 Å². The van der Waals surface area contributed by atoms with Gasteiger partial charge in [0.25, 0.3) is 0 Å². The molecule has 1 saturated carbocycles. The summed E-state index contributed by atoms with van der Waals surface area (Å²) in [5, 5.41) is 14.1. The first-order valence-corrected chi connectivity index (χ1v) is 6.20. The van der Waals surface area contributed by atoms with Crippen LogP contribution in [-0.2, 0) is 4.79 Å². The van der Waals surface area contributed by atoms with Gasteiger partial charge in [-0.25, -0.2) is 0 Å². The van der Waals surface area contributed by atoms with Gasteiger partial charge < -0.3 is 21.0 Å². The summed E-state index contributed by atoms with van der Waals surface area (Å²) < 4.78 is 5.39. The van der Waals surface area contributed by atoms with Crippen molar-refractivity contribution in [2.24, 2.45) is 16.8 Å². The van der Waals surface area contributed by atoms with E-state index in [0.29, 0.717) is 11.4 Å². The van der Waals surface area contributed by atoms with Crippen molar-refractivity contribution in [1.29, 1.82) is 0 Å². The zero-order valence-corrected chi connectivity index (χ0v) is 10.5. The molecular weight excluding hydrogens is 246 g/mol. The molecule has 1 amide bonds. The second-order valence-electron chi connectivity index (χ2n) is 4.49. The largest absolute Gasteiger partial charge is 0.483 e. The van der Waals surface area contributed by atoms with Crippen molar-refractivity contribution in [2.75, 3.05) is 11.9 Å². The van der Waals surface area contributed by atoms with E-state index in [1.54, 1.807) is 18.2 Å². The minimum atomic E-state index is -0.0349. The Kier molecular flexibility index (Phi) is 4.22. The van der Waals surface area contributed by atoms with Crippen LogP contribution in [0.3, 0.4) is 0 Å². The standard InChI is InChI=1S/C13H17N3O3/c14-12(16-18)8-19-11-7-2-1-6-10(11)15-13(17)9-4-3-5-9/h1-2,6-7,9,18H,3-5,8H2,(H2,14,16)(H,15,17). The highest BCUT2D eigenvalue weighted by molar-refractivity contribution is 5.94. The summed E-state index contributed by atoms with van der Waals surface area (Å²) in [5.41, 5.74) is 5.94. The van der Waals surface area contributed by atoms with Gasteiger partial charge in [-0.2, -0.15) is 0 Å². The number of para-hydroxylation sites is 2. The molecule has 0 aromatic heterocycles. The topological polar surface area (TPSA) is 96.9 Å². The molecule has 0 bridgehead atoms. The number of hydrogen-bond donors (Lipinski definition) is 3. The van der Waals surface area contributed by atoms with E-state index in [9.17, 15) is 4.79 Å². The molecule has 6 nitrogen and oxygen atoms in total. The second kappa shape index (κ2) is 6.08. The molecular formula is C13H17N3O3. The van der Waals surface area contributed by atoms with Gasteiger partial charge in [0.15, 0.2) is 5.84 Å². The number of anilines is 1. The highest BCUT2D eigenvalue weighted by atomic mass is 16.5. The number of oxime groups is 1. The lowest BCUT2D eigenvalue weighted by Gasteiger charge is -2.24. The molecule has 2 rings (SSSR count). The van der Waals surface area contributed by atoms with Crippen molar-refractivity contribution in [3.63, 3.8) is 0 Å². The number of ether oxygens (including phenoxy) is 1. The summed E-state index contributed by atoms with van der Waals surface area (Å²) in [6.45, 7) is -0.0349. The number of benzene rings is 1. The van der Waals surface area contributed by atoms with Crippen LogP contribution in [0.2, 0.25) is 0 Å². The van der Waals surface area contributed by atoms with E-state index >= 15 is 0 Å². The van der Waals surface area contributed by atoms with Gasteiger partial charge in [0.2, 0.25) is 5.91 Å². The minimum Gasteiger partial charge on any atom is -0.483 e. The Bertz CT molecular complexity index is 484. The molecule has 0 aliphatic heterocycles. The molecule has 0 heterocycles. The molecule has 0 unspecified atom stereocenters. The normalized spacial score (nSPS) is 15.7. The number of carbonyl (C=O) groups excluding carboxylic acids is 1. The lowest BCUT2D eigenvalue weighted by Crippen LogP contribution is -2.28. The predicted molar refractivity (Wildman–Crippen MR) is 71.3 cm³/mol. The number of nitrogens with one attached hydrogen (secondary N) is 1. The summed E-state index contributed by atoms with van der Waals surface area (Å²) in [7, 11) is 0. The maximum atomic E-state index is 11.9. The molecule has 19 heavy (non-hydrogen) atoms. The minimum absolute atomic E-state index is 0.0195. The van der Waals surface area contributed by atoms with Crippen molar-refractivity contribution < 1.29 is 14.7 Å². The average molecular weight is 263 g/mol. The van der Waals surface area contributed by atoms with Gasteiger partial charge in [-0.1, -0.05) is 23.7 Å². The second-order valence-corrected chi connectivity index (χ2v) is 4.49. The number of nitrogens with zero attached hydrogens (tertiary/aromatic N) is 1. The SMILES string of the molecule is N/C(COc1ccccc1NC(=O)C1CCC1)=N\O. The van der Waals surface area contributed by atoms with Crippen molar-refractivity contribution in [3.05, 3.63) is 24.3 Å². The first kappa shape index (κ1) is 13.2. The van der Waals surface area contributed by atoms with Crippen molar-refractivity contribution >= 4 is 17.4 Å². The molecule has 1 fully saturated rings. The Hall–Kier alpha value is -2.24. The number of amides is 1. The Balaban J connectivity index is 2.00. The summed E-state index contributed by atoms with van der Waals surface area (Å²) >= 11 is 0. The van der Waals surface area contributed by atoms with E-state index in [2.05, 4.69) is 10.5 Å². The van der Waals surface area contributed by atoms with E-state index < -0.39 is 0 Å². The third-order valence-corrected chi connectivity index (χ3v) is 3.12. The lowest BCUT2D eigenvalue weighted by atomic mass is 9.85. The summed E-state index contributed by atoms with van der Waals surface area (Å²) in [4.78, 5) is 11.9. The van der Waals surface area contributed by atoms with Gasteiger partial charge in [-0.3, -0.25) is 4.79 Å².